The van der Waals surface area contributed by atoms with E-state index < -0.39 is 5.54 Å². The van der Waals surface area contributed by atoms with Gasteiger partial charge in [0.05, 0.1) is 17.6 Å². The first-order valence-corrected chi connectivity index (χ1v) is 10.2. The van der Waals surface area contributed by atoms with Crippen molar-refractivity contribution in [1.82, 2.24) is 24.9 Å². The maximum absolute atomic E-state index is 13.2. The van der Waals surface area contributed by atoms with E-state index in [1.54, 1.807) is 19.3 Å². The number of aromatic amines is 1. The highest BCUT2D eigenvalue weighted by atomic mass is 16.5. The Morgan fingerprint density at radius 3 is 2.68 bits per heavy atom. The van der Waals surface area contributed by atoms with E-state index in [-0.39, 0.29) is 17.7 Å². The van der Waals surface area contributed by atoms with Crippen molar-refractivity contribution >= 4 is 11.8 Å². The number of imidazole rings is 1. The van der Waals surface area contributed by atoms with Crippen molar-refractivity contribution in [2.24, 2.45) is 5.92 Å². The van der Waals surface area contributed by atoms with Crippen molar-refractivity contribution in [3.05, 3.63) is 35.2 Å². The lowest BCUT2D eigenvalue weighted by Gasteiger charge is -2.51. The van der Waals surface area contributed by atoms with Crippen molar-refractivity contribution in [3.8, 4) is 0 Å². The van der Waals surface area contributed by atoms with Gasteiger partial charge in [0.15, 0.2) is 5.69 Å². The van der Waals surface area contributed by atoms with E-state index in [1.165, 1.54) is 0 Å². The number of carbonyl (C=O) groups is 2. The van der Waals surface area contributed by atoms with Crippen LogP contribution in [0.4, 0.5) is 0 Å². The minimum atomic E-state index is -0.406. The Hall–Kier alpha value is -2.64. The van der Waals surface area contributed by atoms with Gasteiger partial charge in [0.1, 0.15) is 5.76 Å². The third kappa shape index (κ3) is 2.57. The van der Waals surface area contributed by atoms with Crippen LogP contribution < -0.4 is 0 Å². The summed E-state index contributed by atoms with van der Waals surface area (Å²) in [5.74, 6) is 0.950. The van der Waals surface area contributed by atoms with Gasteiger partial charge in [-0.05, 0) is 32.6 Å². The number of nitrogens with zero attached hydrogens (tertiary/aromatic N) is 4. The highest BCUT2D eigenvalue weighted by Gasteiger charge is 2.50. The zero-order valence-corrected chi connectivity index (χ0v) is 16.1. The second-order valence-corrected chi connectivity index (χ2v) is 8.24. The molecule has 4 heterocycles. The molecule has 2 aromatic rings. The first-order chi connectivity index (χ1) is 13.6. The number of likely N-dealkylation sites (tertiary alicyclic amines) is 1. The van der Waals surface area contributed by atoms with Crippen molar-refractivity contribution in [1.29, 1.82) is 0 Å². The molecule has 0 unspecified atom stereocenters. The Labute approximate surface area is 163 Å². The van der Waals surface area contributed by atoms with Gasteiger partial charge >= 0.3 is 0 Å². The second kappa shape index (κ2) is 6.46. The van der Waals surface area contributed by atoms with E-state index in [4.69, 9.17) is 4.52 Å². The maximum Gasteiger partial charge on any atom is 0.276 e. The van der Waals surface area contributed by atoms with Crippen molar-refractivity contribution in [2.75, 3.05) is 19.6 Å². The lowest BCUT2D eigenvalue weighted by Crippen LogP contribution is -2.60. The topological polar surface area (TPSA) is 95.3 Å². The quantitative estimate of drug-likeness (QED) is 0.856. The minimum Gasteiger partial charge on any atom is -0.361 e. The number of nitrogens with one attached hydrogen (secondary N) is 1. The fourth-order valence-corrected chi connectivity index (χ4v) is 4.89. The molecule has 2 aromatic heterocycles. The third-order valence-corrected chi connectivity index (χ3v) is 6.71. The molecule has 1 aliphatic carbocycles. The number of hydrogen-bond donors (Lipinski definition) is 1. The Balaban J connectivity index is 1.41. The average molecular weight is 383 g/mol. The van der Waals surface area contributed by atoms with Crippen LogP contribution in [0, 0.1) is 12.8 Å². The predicted molar refractivity (Wildman–Crippen MR) is 99.4 cm³/mol. The van der Waals surface area contributed by atoms with Crippen molar-refractivity contribution < 1.29 is 14.1 Å². The molecule has 1 saturated carbocycles. The van der Waals surface area contributed by atoms with Crippen LogP contribution in [0.2, 0.25) is 0 Å². The molecular formula is C20H25N5O3. The Kier molecular flexibility index (Phi) is 4.03. The molecule has 8 nitrogen and oxygen atoms in total. The third-order valence-electron chi connectivity index (χ3n) is 6.71. The summed E-state index contributed by atoms with van der Waals surface area (Å²) in [6.45, 7) is 3.65. The number of aryl methyl sites for hydroxylation is 1. The molecule has 5 rings (SSSR count). The van der Waals surface area contributed by atoms with Crippen LogP contribution in [0.1, 0.15) is 59.7 Å². The number of aromatic nitrogens is 3. The summed E-state index contributed by atoms with van der Waals surface area (Å²) in [5, 5.41) is 3.86. The van der Waals surface area contributed by atoms with E-state index in [9.17, 15) is 9.59 Å². The normalized spacial score (nSPS) is 21.5. The molecule has 2 aliphatic heterocycles. The average Bonchev–Trinajstić information content (AvgIpc) is 3.30. The number of H-pyrrole nitrogens is 1. The lowest BCUT2D eigenvalue weighted by atomic mass is 9.76. The van der Waals surface area contributed by atoms with Crippen molar-refractivity contribution in [3.63, 3.8) is 0 Å². The number of hydrogen-bond acceptors (Lipinski definition) is 5. The molecule has 0 radical (unpaired) electrons. The molecule has 8 heteroatoms. The fraction of sp³-hybridized carbons (Fsp3) is 0.600. The summed E-state index contributed by atoms with van der Waals surface area (Å²) in [4.78, 5) is 37.7. The molecule has 148 valence electrons. The summed E-state index contributed by atoms with van der Waals surface area (Å²) >= 11 is 0. The van der Waals surface area contributed by atoms with E-state index >= 15 is 0 Å². The van der Waals surface area contributed by atoms with E-state index in [0.29, 0.717) is 37.4 Å². The molecule has 1 spiro atoms. The standard InChI is InChI=1S/C20H25N5O3/c1-13-11-16(23-28-13)19(27)24-9-6-20(7-10-24)17-15(21-12-22-17)5-8-25(20)18(26)14-3-2-4-14/h11-12,14H,2-10H2,1H3,(H,21,22). The SMILES string of the molecule is Cc1cc(C(=O)N2CCC3(CC2)c2nc[nH]c2CCN3C(=O)C2CCC2)no1. The maximum atomic E-state index is 13.2. The molecule has 1 N–H and O–H groups in total. The molecule has 3 aliphatic rings. The van der Waals surface area contributed by atoms with Gasteiger partial charge in [0.2, 0.25) is 5.91 Å². The number of amides is 2. The fourth-order valence-electron chi connectivity index (χ4n) is 4.89. The zero-order chi connectivity index (χ0) is 19.3. The van der Waals surface area contributed by atoms with Gasteiger partial charge in [0.25, 0.3) is 5.91 Å². The van der Waals surface area contributed by atoms with Gasteiger partial charge in [-0.25, -0.2) is 4.98 Å². The van der Waals surface area contributed by atoms with E-state index in [2.05, 4.69) is 20.0 Å². The van der Waals surface area contributed by atoms with Crippen LogP contribution in [0.5, 0.6) is 0 Å². The van der Waals surface area contributed by atoms with E-state index in [0.717, 1.165) is 43.6 Å². The Bertz CT molecular complexity index is 905. The molecule has 0 atom stereocenters. The minimum absolute atomic E-state index is 0.110. The van der Waals surface area contributed by atoms with Gasteiger partial charge in [-0.3, -0.25) is 9.59 Å². The summed E-state index contributed by atoms with van der Waals surface area (Å²) in [6, 6.07) is 1.67. The van der Waals surface area contributed by atoms with Crippen molar-refractivity contribution in [2.45, 2.75) is 51.0 Å². The Morgan fingerprint density at radius 2 is 2.04 bits per heavy atom. The highest BCUT2D eigenvalue weighted by molar-refractivity contribution is 5.92. The van der Waals surface area contributed by atoms with Gasteiger partial charge in [0, 0.05) is 43.7 Å². The molecule has 28 heavy (non-hydrogen) atoms. The smallest absolute Gasteiger partial charge is 0.276 e. The molecule has 2 amide bonds. The first-order valence-electron chi connectivity index (χ1n) is 10.2. The van der Waals surface area contributed by atoms with Crippen LogP contribution >= 0.6 is 0 Å². The van der Waals surface area contributed by atoms with Gasteiger partial charge in [-0.1, -0.05) is 11.6 Å². The predicted octanol–water partition coefficient (Wildman–Crippen LogP) is 2.02. The largest absolute Gasteiger partial charge is 0.361 e. The summed E-state index contributed by atoms with van der Waals surface area (Å²) in [6.07, 6.45) is 7.09. The van der Waals surface area contributed by atoms with Gasteiger partial charge in [-0.2, -0.15) is 0 Å². The second-order valence-electron chi connectivity index (χ2n) is 8.24. The monoisotopic (exact) mass is 383 g/mol. The molecular weight excluding hydrogens is 358 g/mol. The van der Waals surface area contributed by atoms with Gasteiger partial charge in [-0.15, -0.1) is 0 Å². The number of fused-ring (bicyclic) bond motifs is 2. The van der Waals surface area contributed by atoms with Crippen LogP contribution in [-0.2, 0) is 16.8 Å². The van der Waals surface area contributed by atoms with Crippen LogP contribution in [0.25, 0.3) is 0 Å². The number of rotatable bonds is 2. The summed E-state index contributed by atoms with van der Waals surface area (Å²) in [5.41, 5.74) is 2.07. The summed E-state index contributed by atoms with van der Waals surface area (Å²) in [7, 11) is 0. The highest BCUT2D eigenvalue weighted by Crippen LogP contribution is 2.44. The molecule has 2 fully saturated rings. The molecule has 0 bridgehead atoms. The van der Waals surface area contributed by atoms with Crippen LogP contribution in [-0.4, -0.2) is 56.4 Å². The number of piperidine rings is 1. The van der Waals surface area contributed by atoms with E-state index in [1.807, 2.05) is 4.90 Å². The lowest BCUT2D eigenvalue weighted by molar-refractivity contribution is -0.148. The van der Waals surface area contributed by atoms with Gasteiger partial charge < -0.3 is 19.3 Å². The van der Waals surface area contributed by atoms with Crippen LogP contribution in [0.15, 0.2) is 16.9 Å². The number of carbonyl (C=O) groups excluding carboxylic acids is 2. The zero-order valence-electron chi connectivity index (χ0n) is 16.1. The molecule has 0 aromatic carbocycles. The molecule has 1 saturated heterocycles. The first kappa shape index (κ1) is 17.5. The van der Waals surface area contributed by atoms with Crippen LogP contribution in [0.3, 0.4) is 0 Å². The Morgan fingerprint density at radius 1 is 1.25 bits per heavy atom. The summed E-state index contributed by atoms with van der Waals surface area (Å²) < 4.78 is 5.05.